The third-order valence-corrected chi connectivity index (χ3v) is 5.60. The molecule has 1 saturated carbocycles. The first-order chi connectivity index (χ1) is 14.1. The Balaban J connectivity index is 1.44. The Morgan fingerprint density at radius 2 is 1.86 bits per heavy atom. The van der Waals surface area contributed by atoms with Crippen LogP contribution in [0.3, 0.4) is 0 Å². The lowest BCUT2D eigenvalue weighted by molar-refractivity contribution is 0.0966. The van der Waals surface area contributed by atoms with Crippen molar-refractivity contribution in [3.63, 3.8) is 0 Å². The fraction of sp³-hybridized carbons (Fsp3) is 0.273. The van der Waals surface area contributed by atoms with Gasteiger partial charge in [-0.2, -0.15) is 0 Å². The monoisotopic (exact) mass is 386 g/mol. The molecule has 29 heavy (non-hydrogen) atoms. The van der Waals surface area contributed by atoms with E-state index in [-0.39, 0.29) is 5.91 Å². The number of nitrogens with zero attached hydrogens (tertiary/aromatic N) is 3. The molecule has 0 saturated heterocycles. The van der Waals surface area contributed by atoms with Crippen LogP contribution in [0.25, 0.3) is 11.1 Å². The molecule has 1 aromatic carbocycles. The Bertz CT molecular complexity index is 1110. The predicted octanol–water partition coefficient (Wildman–Crippen LogP) is 3.75. The number of fused-ring (bicyclic) bond motifs is 1. The average molecular weight is 386 g/mol. The highest BCUT2D eigenvalue weighted by Gasteiger charge is 2.26. The Morgan fingerprint density at radius 1 is 1.07 bits per heavy atom. The average Bonchev–Trinajstić information content (AvgIpc) is 3.51. The van der Waals surface area contributed by atoms with Gasteiger partial charge in [0, 0.05) is 43.4 Å². The minimum absolute atomic E-state index is 0.0399. The minimum atomic E-state index is -0.0399. The summed E-state index contributed by atoms with van der Waals surface area (Å²) in [6.45, 7) is 2.57. The topological polar surface area (TPSA) is 91.8 Å². The van der Waals surface area contributed by atoms with Crippen LogP contribution in [0, 0.1) is 6.92 Å². The van der Waals surface area contributed by atoms with E-state index in [0.29, 0.717) is 24.2 Å². The summed E-state index contributed by atoms with van der Waals surface area (Å²) in [6.07, 6.45) is 8.10. The normalized spacial score (nSPS) is 15.0. The number of aromatic nitrogens is 3. The highest BCUT2D eigenvalue weighted by atomic mass is 16.1. The summed E-state index contributed by atoms with van der Waals surface area (Å²) in [4.78, 5) is 25.6. The molecule has 1 amide bonds. The van der Waals surface area contributed by atoms with Gasteiger partial charge in [-0.3, -0.25) is 4.79 Å². The number of hydrogen-bond donors (Lipinski definition) is 3. The molecule has 0 spiro atoms. The summed E-state index contributed by atoms with van der Waals surface area (Å²) in [5, 5.41) is 9.20. The summed E-state index contributed by atoms with van der Waals surface area (Å²) in [5.41, 5.74) is 6.87. The smallest absolute Gasteiger partial charge is 0.254 e. The van der Waals surface area contributed by atoms with Crippen molar-refractivity contribution in [3.05, 3.63) is 59.0 Å². The molecule has 7 nitrogen and oxygen atoms in total. The van der Waals surface area contributed by atoms with E-state index in [2.05, 4.69) is 30.9 Å². The lowest BCUT2D eigenvalue weighted by atomic mass is 9.94. The minimum Gasteiger partial charge on any atom is -0.387 e. The SMILES string of the molecule is CNc1ccc(-c2cnc(Nc3ncc(C4CC4)cn3)cc2C)c2c1C(=O)NC2. The van der Waals surface area contributed by atoms with E-state index < -0.39 is 0 Å². The molecule has 0 bridgehead atoms. The number of rotatable bonds is 5. The number of benzene rings is 1. The van der Waals surface area contributed by atoms with Gasteiger partial charge in [-0.05, 0) is 60.1 Å². The van der Waals surface area contributed by atoms with Gasteiger partial charge in [0.15, 0.2) is 0 Å². The van der Waals surface area contributed by atoms with Crippen LogP contribution in [0.4, 0.5) is 17.5 Å². The third kappa shape index (κ3) is 3.18. The van der Waals surface area contributed by atoms with Crippen LogP contribution in [0.15, 0.2) is 36.8 Å². The quantitative estimate of drug-likeness (QED) is 0.618. The zero-order chi connectivity index (χ0) is 20.0. The van der Waals surface area contributed by atoms with Gasteiger partial charge >= 0.3 is 0 Å². The molecule has 2 aliphatic rings. The van der Waals surface area contributed by atoms with Gasteiger partial charge in [0.05, 0.1) is 5.56 Å². The van der Waals surface area contributed by atoms with Crippen LogP contribution in [0.2, 0.25) is 0 Å². The molecule has 1 fully saturated rings. The van der Waals surface area contributed by atoms with Gasteiger partial charge < -0.3 is 16.0 Å². The van der Waals surface area contributed by atoms with Gasteiger partial charge in [-0.1, -0.05) is 6.07 Å². The number of anilines is 3. The number of pyridine rings is 1. The molecule has 1 aliphatic carbocycles. The van der Waals surface area contributed by atoms with Crippen molar-refractivity contribution in [2.45, 2.75) is 32.2 Å². The summed E-state index contributed by atoms with van der Waals surface area (Å²) in [7, 11) is 1.83. The van der Waals surface area contributed by atoms with E-state index >= 15 is 0 Å². The Kier molecular flexibility index (Phi) is 4.16. The molecule has 1 aliphatic heterocycles. The summed E-state index contributed by atoms with van der Waals surface area (Å²) < 4.78 is 0. The van der Waals surface area contributed by atoms with Crippen molar-refractivity contribution in [1.82, 2.24) is 20.3 Å². The zero-order valence-corrected chi connectivity index (χ0v) is 16.4. The fourth-order valence-corrected chi connectivity index (χ4v) is 3.86. The number of carbonyl (C=O) groups is 1. The lowest BCUT2D eigenvalue weighted by Crippen LogP contribution is -2.13. The van der Waals surface area contributed by atoms with Gasteiger partial charge in [0.1, 0.15) is 5.82 Å². The lowest BCUT2D eigenvalue weighted by Gasteiger charge is -2.14. The summed E-state index contributed by atoms with van der Waals surface area (Å²) in [6, 6.07) is 5.97. The molecule has 0 atom stereocenters. The molecule has 0 unspecified atom stereocenters. The molecule has 7 heteroatoms. The Labute approximate surface area is 169 Å². The van der Waals surface area contributed by atoms with E-state index in [1.165, 1.54) is 18.4 Å². The second-order valence-corrected chi connectivity index (χ2v) is 7.57. The maximum Gasteiger partial charge on any atom is 0.254 e. The van der Waals surface area contributed by atoms with Crippen LogP contribution in [0.5, 0.6) is 0 Å². The van der Waals surface area contributed by atoms with E-state index in [1.807, 2.05) is 50.8 Å². The molecule has 146 valence electrons. The molecule has 3 N–H and O–H groups in total. The molecule has 0 radical (unpaired) electrons. The first-order valence-electron chi connectivity index (χ1n) is 9.82. The number of hydrogen-bond acceptors (Lipinski definition) is 6. The predicted molar refractivity (Wildman–Crippen MR) is 112 cm³/mol. The zero-order valence-electron chi connectivity index (χ0n) is 16.4. The largest absolute Gasteiger partial charge is 0.387 e. The maximum atomic E-state index is 12.3. The third-order valence-electron chi connectivity index (χ3n) is 5.60. The molecular formula is C22H22N6O. The van der Waals surface area contributed by atoms with E-state index in [1.54, 1.807) is 0 Å². The molecular weight excluding hydrogens is 364 g/mol. The summed E-state index contributed by atoms with van der Waals surface area (Å²) >= 11 is 0. The number of carbonyl (C=O) groups excluding carboxylic acids is 1. The first kappa shape index (κ1) is 17.6. The van der Waals surface area contributed by atoms with Crippen LogP contribution in [-0.4, -0.2) is 27.9 Å². The highest BCUT2D eigenvalue weighted by Crippen LogP contribution is 2.39. The van der Waals surface area contributed by atoms with E-state index in [4.69, 9.17) is 0 Å². The van der Waals surface area contributed by atoms with Crippen LogP contribution >= 0.6 is 0 Å². The number of aryl methyl sites for hydroxylation is 1. The number of amides is 1. The molecule has 3 aromatic rings. The maximum absolute atomic E-state index is 12.3. The second kappa shape index (κ2) is 6.84. The van der Waals surface area contributed by atoms with Crippen LogP contribution < -0.4 is 16.0 Å². The van der Waals surface area contributed by atoms with Crippen LogP contribution in [-0.2, 0) is 6.54 Å². The summed E-state index contributed by atoms with van der Waals surface area (Å²) in [5.74, 6) is 1.84. The van der Waals surface area contributed by atoms with E-state index in [0.717, 1.165) is 33.5 Å². The molecule has 3 heterocycles. The van der Waals surface area contributed by atoms with Gasteiger partial charge in [-0.25, -0.2) is 15.0 Å². The van der Waals surface area contributed by atoms with Crippen molar-refractivity contribution in [1.29, 1.82) is 0 Å². The second-order valence-electron chi connectivity index (χ2n) is 7.57. The first-order valence-corrected chi connectivity index (χ1v) is 9.82. The fourth-order valence-electron chi connectivity index (χ4n) is 3.86. The molecule has 5 rings (SSSR count). The Hall–Kier alpha value is -3.48. The van der Waals surface area contributed by atoms with Crippen molar-refractivity contribution in [3.8, 4) is 11.1 Å². The molecule has 2 aromatic heterocycles. The van der Waals surface area contributed by atoms with Crippen molar-refractivity contribution >= 4 is 23.4 Å². The van der Waals surface area contributed by atoms with Crippen molar-refractivity contribution in [2.75, 3.05) is 17.7 Å². The van der Waals surface area contributed by atoms with Crippen molar-refractivity contribution < 1.29 is 4.79 Å². The van der Waals surface area contributed by atoms with Gasteiger partial charge in [0.2, 0.25) is 5.95 Å². The van der Waals surface area contributed by atoms with Crippen molar-refractivity contribution in [2.24, 2.45) is 0 Å². The highest BCUT2D eigenvalue weighted by molar-refractivity contribution is 6.05. The van der Waals surface area contributed by atoms with Crippen LogP contribution in [0.1, 0.15) is 45.8 Å². The Morgan fingerprint density at radius 3 is 2.55 bits per heavy atom. The van der Waals surface area contributed by atoms with Gasteiger partial charge in [-0.15, -0.1) is 0 Å². The van der Waals surface area contributed by atoms with Gasteiger partial charge in [0.25, 0.3) is 5.91 Å². The standard InChI is InChI=1S/C22H22N6O/c1-12-7-19(28-22-26-8-14(9-27-22)13-3-4-13)24-10-16(12)15-5-6-18(23-2)20-17(15)11-25-21(20)29/h5-10,13,23H,3-4,11H2,1-2H3,(H,25,29)(H,24,26,27,28). The number of nitrogens with one attached hydrogen (secondary N) is 3. The van der Waals surface area contributed by atoms with E-state index in [9.17, 15) is 4.79 Å².